The maximum atomic E-state index is 13.3. The van der Waals surface area contributed by atoms with E-state index in [1.165, 1.54) is 4.57 Å². The normalized spacial score (nSPS) is 11.1. The highest BCUT2D eigenvalue weighted by Crippen LogP contribution is 2.29. The van der Waals surface area contributed by atoms with Crippen molar-refractivity contribution in [2.24, 2.45) is 0 Å². The average Bonchev–Trinajstić information content (AvgIpc) is 2.68. The molecule has 0 amide bonds. The fraction of sp³-hybridized carbons (Fsp3) is 0.0952. The Hall–Kier alpha value is -3.38. The van der Waals surface area contributed by atoms with Gasteiger partial charge in [-0.3, -0.25) is 14.3 Å². The molecule has 2 N–H and O–H groups in total. The summed E-state index contributed by atoms with van der Waals surface area (Å²) < 4.78 is 6.49. The summed E-state index contributed by atoms with van der Waals surface area (Å²) in [5.41, 5.74) is 7.17. The Labute approximate surface area is 165 Å². The number of hydrogen-bond donors (Lipinski definition) is 1. The molecule has 0 saturated carbocycles. The van der Waals surface area contributed by atoms with Crippen LogP contribution in [0.5, 0.6) is 0 Å². The molecule has 2 aromatic heterocycles. The highest BCUT2D eigenvalue weighted by molar-refractivity contribution is 6.31. The number of halogens is 1. The van der Waals surface area contributed by atoms with Gasteiger partial charge < -0.3 is 10.5 Å². The van der Waals surface area contributed by atoms with Crippen LogP contribution in [0.4, 0.5) is 5.82 Å². The Morgan fingerprint density at radius 1 is 1.18 bits per heavy atom. The van der Waals surface area contributed by atoms with E-state index in [0.717, 1.165) is 5.39 Å². The van der Waals surface area contributed by atoms with E-state index in [9.17, 15) is 9.59 Å². The zero-order valence-electron chi connectivity index (χ0n) is 15.0. The summed E-state index contributed by atoms with van der Waals surface area (Å²) in [7, 11) is 0. The highest BCUT2D eigenvalue weighted by atomic mass is 35.5. The summed E-state index contributed by atoms with van der Waals surface area (Å²) in [6.45, 7) is 1.88. The Balaban J connectivity index is 2.17. The molecule has 4 rings (SSSR count). The summed E-state index contributed by atoms with van der Waals surface area (Å²) in [6, 6.07) is 13.9. The van der Waals surface area contributed by atoms with Crippen LogP contribution in [0.1, 0.15) is 17.3 Å². The summed E-state index contributed by atoms with van der Waals surface area (Å²) in [4.78, 5) is 30.4. The van der Waals surface area contributed by atoms with E-state index in [-0.39, 0.29) is 23.5 Å². The van der Waals surface area contributed by atoms with Crippen LogP contribution in [0.3, 0.4) is 0 Å². The molecule has 28 heavy (non-hydrogen) atoms. The van der Waals surface area contributed by atoms with Crippen molar-refractivity contribution in [1.82, 2.24) is 9.55 Å². The molecule has 7 heteroatoms. The number of nitrogens with zero attached hydrogens (tertiary/aromatic N) is 2. The zero-order chi connectivity index (χ0) is 19.8. The predicted molar refractivity (Wildman–Crippen MR) is 110 cm³/mol. The lowest BCUT2D eigenvalue weighted by Crippen LogP contribution is -2.25. The summed E-state index contributed by atoms with van der Waals surface area (Å²) in [5.74, 6) is -0.634. The van der Waals surface area contributed by atoms with Crippen molar-refractivity contribution in [3.8, 4) is 5.69 Å². The van der Waals surface area contributed by atoms with E-state index < -0.39 is 5.97 Å². The van der Waals surface area contributed by atoms with Gasteiger partial charge in [-0.1, -0.05) is 29.8 Å². The first kappa shape index (κ1) is 18.0. The van der Waals surface area contributed by atoms with Crippen LogP contribution in [-0.2, 0) is 4.74 Å². The lowest BCUT2D eigenvalue weighted by atomic mass is 10.1. The second-order valence-electron chi connectivity index (χ2n) is 6.16. The Kier molecular flexibility index (Phi) is 4.49. The first-order valence-corrected chi connectivity index (χ1v) is 9.05. The maximum absolute atomic E-state index is 13.3. The van der Waals surface area contributed by atoms with Crippen LogP contribution in [0.25, 0.3) is 27.4 Å². The van der Waals surface area contributed by atoms with Crippen LogP contribution in [0.2, 0.25) is 5.02 Å². The predicted octanol–water partition coefficient (Wildman–Crippen LogP) is 3.95. The smallest absolute Gasteiger partial charge is 0.342 e. The van der Waals surface area contributed by atoms with Gasteiger partial charge in [0.25, 0.3) is 5.56 Å². The van der Waals surface area contributed by atoms with Gasteiger partial charge in [0.2, 0.25) is 0 Å². The number of fused-ring (bicyclic) bond motifs is 2. The number of nitrogens with two attached hydrogens (primary N) is 1. The molecule has 0 saturated heterocycles. The van der Waals surface area contributed by atoms with Gasteiger partial charge >= 0.3 is 5.97 Å². The molecular formula is C21H16ClN3O3. The number of ether oxygens (including phenoxy) is 1. The number of pyridine rings is 2. The lowest BCUT2D eigenvalue weighted by Gasteiger charge is -2.17. The van der Waals surface area contributed by atoms with Crippen LogP contribution in [-0.4, -0.2) is 22.1 Å². The molecule has 0 bridgehead atoms. The van der Waals surface area contributed by atoms with Crippen molar-refractivity contribution in [3.63, 3.8) is 0 Å². The molecule has 140 valence electrons. The zero-order valence-corrected chi connectivity index (χ0v) is 15.7. The number of aromatic nitrogens is 2. The monoisotopic (exact) mass is 393 g/mol. The van der Waals surface area contributed by atoms with Gasteiger partial charge in [0, 0.05) is 27.4 Å². The maximum Gasteiger partial charge on any atom is 0.342 e. The number of benzene rings is 2. The van der Waals surface area contributed by atoms with Crippen LogP contribution in [0.15, 0.2) is 59.5 Å². The van der Waals surface area contributed by atoms with Crippen molar-refractivity contribution in [3.05, 3.63) is 75.7 Å². The second kappa shape index (κ2) is 6.98. The number of hydrogen-bond acceptors (Lipinski definition) is 5. The van der Waals surface area contributed by atoms with Crippen LogP contribution in [0, 0.1) is 0 Å². The third-order valence-corrected chi connectivity index (χ3v) is 4.75. The van der Waals surface area contributed by atoms with Gasteiger partial charge in [-0.25, -0.2) is 4.79 Å². The lowest BCUT2D eigenvalue weighted by molar-refractivity contribution is 0.0529. The second-order valence-corrected chi connectivity index (χ2v) is 6.60. The van der Waals surface area contributed by atoms with Crippen LogP contribution < -0.4 is 11.3 Å². The van der Waals surface area contributed by atoms with Gasteiger partial charge in [0.15, 0.2) is 0 Å². The van der Waals surface area contributed by atoms with Gasteiger partial charge in [-0.05, 0) is 37.3 Å². The molecule has 0 unspecified atom stereocenters. The number of anilines is 1. The number of para-hydroxylation sites is 1. The number of carbonyl (C=O) groups excluding carboxylic acids is 1. The van der Waals surface area contributed by atoms with Gasteiger partial charge in [0.1, 0.15) is 11.4 Å². The average molecular weight is 394 g/mol. The van der Waals surface area contributed by atoms with Gasteiger partial charge in [-0.2, -0.15) is 0 Å². The largest absolute Gasteiger partial charge is 0.462 e. The third kappa shape index (κ3) is 2.78. The van der Waals surface area contributed by atoms with E-state index in [1.807, 2.05) is 18.2 Å². The first-order chi connectivity index (χ1) is 13.5. The quantitative estimate of drug-likeness (QED) is 0.532. The molecular weight excluding hydrogens is 378 g/mol. The van der Waals surface area contributed by atoms with Crippen molar-refractivity contribution in [2.45, 2.75) is 6.92 Å². The summed E-state index contributed by atoms with van der Waals surface area (Å²) in [6.07, 6.45) is 1.64. The third-order valence-electron chi connectivity index (χ3n) is 4.51. The minimum atomic E-state index is -0.616. The number of nitrogen functional groups attached to an aromatic ring is 1. The summed E-state index contributed by atoms with van der Waals surface area (Å²) >= 11 is 6.10. The first-order valence-electron chi connectivity index (χ1n) is 8.68. The van der Waals surface area contributed by atoms with Crippen molar-refractivity contribution < 1.29 is 9.53 Å². The number of esters is 1. The molecule has 6 nitrogen and oxygen atoms in total. The molecule has 0 atom stereocenters. The molecule has 0 spiro atoms. The van der Waals surface area contributed by atoms with Crippen molar-refractivity contribution in [2.75, 3.05) is 12.3 Å². The van der Waals surface area contributed by atoms with E-state index in [4.69, 9.17) is 22.1 Å². The molecule has 0 aliphatic heterocycles. The molecule has 2 aromatic carbocycles. The molecule has 0 radical (unpaired) electrons. The Morgan fingerprint density at radius 3 is 2.75 bits per heavy atom. The Morgan fingerprint density at radius 2 is 1.96 bits per heavy atom. The van der Waals surface area contributed by atoms with E-state index in [0.29, 0.717) is 27.0 Å². The van der Waals surface area contributed by atoms with E-state index in [2.05, 4.69) is 4.98 Å². The molecule has 0 aliphatic rings. The highest BCUT2D eigenvalue weighted by Gasteiger charge is 2.23. The molecule has 0 aliphatic carbocycles. The minimum absolute atomic E-state index is 0.0173. The van der Waals surface area contributed by atoms with Gasteiger partial charge in [0.05, 0.1) is 17.8 Å². The van der Waals surface area contributed by atoms with Crippen molar-refractivity contribution in [1.29, 1.82) is 0 Å². The fourth-order valence-electron chi connectivity index (χ4n) is 3.31. The Bertz CT molecular complexity index is 1290. The number of rotatable bonds is 3. The minimum Gasteiger partial charge on any atom is -0.462 e. The SMILES string of the molecule is CCOC(=O)c1c(N)n(-c2cccc3cccnc23)c(=O)c2ccc(Cl)cc12. The van der Waals surface area contributed by atoms with Crippen LogP contribution >= 0.6 is 11.6 Å². The molecule has 2 heterocycles. The van der Waals surface area contributed by atoms with Gasteiger partial charge in [-0.15, -0.1) is 0 Å². The molecule has 0 fully saturated rings. The standard InChI is InChI=1S/C21H16ClN3O3/c1-2-28-21(27)17-15-11-13(22)8-9-14(15)20(26)25(19(17)23)16-7-3-5-12-6-4-10-24-18(12)16/h3-11H,2,23H2,1H3. The number of carbonyl (C=O) groups is 1. The fourth-order valence-corrected chi connectivity index (χ4v) is 3.49. The van der Waals surface area contributed by atoms with E-state index >= 15 is 0 Å². The summed E-state index contributed by atoms with van der Waals surface area (Å²) in [5, 5.41) is 1.91. The topological polar surface area (TPSA) is 87.2 Å². The molecule has 4 aromatic rings. The van der Waals surface area contributed by atoms with E-state index in [1.54, 1.807) is 43.5 Å². The van der Waals surface area contributed by atoms with Crippen molar-refractivity contribution >= 4 is 45.1 Å².